The second-order valence-electron chi connectivity index (χ2n) is 4.78. The van der Waals surface area contributed by atoms with Gasteiger partial charge >= 0.3 is 0 Å². The molecule has 0 aliphatic heterocycles. The number of hydrogen-bond donors (Lipinski definition) is 2. The van der Waals surface area contributed by atoms with Crippen molar-refractivity contribution in [3.8, 4) is 11.6 Å². The Hall–Kier alpha value is -2.31. The van der Waals surface area contributed by atoms with Crippen LogP contribution in [0.5, 0.6) is 11.6 Å². The van der Waals surface area contributed by atoms with Crippen molar-refractivity contribution in [2.75, 3.05) is 5.32 Å². The Morgan fingerprint density at radius 2 is 1.87 bits per heavy atom. The second kappa shape index (κ2) is 6.85. The van der Waals surface area contributed by atoms with Crippen LogP contribution in [0.25, 0.3) is 5.57 Å². The summed E-state index contributed by atoms with van der Waals surface area (Å²) < 4.78 is 5.55. The van der Waals surface area contributed by atoms with Crippen molar-refractivity contribution in [1.29, 1.82) is 0 Å². The molecule has 8 heteroatoms. The maximum atomic E-state index is 11.6. The van der Waals surface area contributed by atoms with Crippen molar-refractivity contribution in [2.24, 2.45) is 0 Å². The third kappa shape index (κ3) is 4.12. The quantitative estimate of drug-likeness (QED) is 0.873. The molecule has 6 nitrogen and oxygen atoms in total. The molecule has 0 saturated heterocycles. The van der Waals surface area contributed by atoms with E-state index in [4.69, 9.17) is 27.9 Å². The second-order valence-corrected chi connectivity index (χ2v) is 5.60. The number of halogens is 2. The van der Waals surface area contributed by atoms with Crippen LogP contribution in [-0.2, 0) is 4.79 Å². The van der Waals surface area contributed by atoms with E-state index < -0.39 is 0 Å². The normalized spacial score (nSPS) is 10.3. The lowest BCUT2D eigenvalue weighted by molar-refractivity contribution is -0.114. The molecule has 120 valence electrons. The van der Waals surface area contributed by atoms with Gasteiger partial charge in [0.05, 0.1) is 10.0 Å². The fourth-order valence-electron chi connectivity index (χ4n) is 1.79. The molecule has 1 amide bonds. The minimum atomic E-state index is -0.372. The Bertz CT molecular complexity index is 823. The molecule has 0 saturated carbocycles. The van der Waals surface area contributed by atoms with Crippen LogP contribution in [0, 0.1) is 0 Å². The van der Waals surface area contributed by atoms with Gasteiger partial charge in [-0.3, -0.25) is 9.59 Å². The van der Waals surface area contributed by atoms with Crippen molar-refractivity contribution in [1.82, 2.24) is 10.2 Å². The fourth-order valence-corrected chi connectivity index (χ4v) is 2.36. The number of ether oxygens (including phenoxy) is 1. The molecule has 0 atom stereocenters. The Labute approximate surface area is 142 Å². The van der Waals surface area contributed by atoms with Gasteiger partial charge in [-0.1, -0.05) is 29.8 Å². The number of rotatable bonds is 4. The number of hydrogen-bond acceptors (Lipinski definition) is 4. The Morgan fingerprint density at radius 3 is 2.39 bits per heavy atom. The van der Waals surface area contributed by atoms with E-state index in [1.54, 1.807) is 6.92 Å². The lowest BCUT2D eigenvalue weighted by Gasteiger charge is -2.11. The van der Waals surface area contributed by atoms with Crippen molar-refractivity contribution in [3.63, 3.8) is 0 Å². The summed E-state index contributed by atoms with van der Waals surface area (Å²) in [7, 11) is 0. The lowest BCUT2D eigenvalue weighted by Crippen LogP contribution is -2.13. The van der Waals surface area contributed by atoms with E-state index in [-0.39, 0.29) is 33.1 Å². The van der Waals surface area contributed by atoms with Crippen LogP contribution in [0.1, 0.15) is 19.4 Å². The maximum Gasteiger partial charge on any atom is 0.271 e. The summed E-state index contributed by atoms with van der Waals surface area (Å²) in [6.07, 6.45) is 0. The van der Waals surface area contributed by atoms with Crippen molar-refractivity contribution >= 4 is 40.4 Å². The topological polar surface area (TPSA) is 84.1 Å². The molecule has 0 unspecified atom stereocenters. The van der Waals surface area contributed by atoms with Crippen molar-refractivity contribution < 1.29 is 9.53 Å². The molecule has 0 aliphatic carbocycles. The monoisotopic (exact) mass is 353 g/mol. The molecule has 2 rings (SSSR count). The number of allylic oxidation sites excluding steroid dienone is 1. The molecule has 0 radical (unpaired) electrons. The molecule has 0 spiro atoms. The summed E-state index contributed by atoms with van der Waals surface area (Å²) in [4.78, 5) is 22.7. The summed E-state index contributed by atoms with van der Waals surface area (Å²) >= 11 is 12.2. The largest absolute Gasteiger partial charge is 0.434 e. The number of nitrogens with zero attached hydrogens (tertiary/aromatic N) is 1. The predicted molar refractivity (Wildman–Crippen MR) is 90.4 cm³/mol. The molecule has 1 heterocycles. The zero-order chi connectivity index (χ0) is 17.1. The summed E-state index contributed by atoms with van der Waals surface area (Å²) in [6.45, 7) is 6.77. The highest BCUT2D eigenvalue weighted by atomic mass is 35.5. The summed E-state index contributed by atoms with van der Waals surface area (Å²) in [6, 6.07) is 4.43. The molecular formula is C15H13Cl2N3O3. The average molecular weight is 354 g/mol. The first-order valence-corrected chi connectivity index (χ1v) is 7.23. The highest BCUT2D eigenvalue weighted by molar-refractivity contribution is 6.37. The van der Waals surface area contributed by atoms with Gasteiger partial charge in [0.25, 0.3) is 5.56 Å². The van der Waals surface area contributed by atoms with Gasteiger partial charge in [0, 0.05) is 24.2 Å². The smallest absolute Gasteiger partial charge is 0.271 e. The number of carbonyl (C=O) groups excluding carboxylic acids is 1. The molecule has 0 bridgehead atoms. The predicted octanol–water partition coefficient (Wildman–Crippen LogP) is 3.86. The molecule has 2 aromatic rings. The number of H-pyrrole nitrogens is 1. The van der Waals surface area contributed by atoms with Crippen LogP contribution in [0.15, 0.2) is 29.6 Å². The SMILES string of the molecule is C=C(C)c1cc(Oc2c(Cl)cc(NC(C)=O)cc2Cl)n[nH]c1=O. The first-order valence-electron chi connectivity index (χ1n) is 6.48. The van der Waals surface area contributed by atoms with Crippen LogP contribution in [0.2, 0.25) is 10.0 Å². The number of amides is 1. The standard InChI is InChI=1S/C15H13Cl2N3O3/c1-7(2)10-6-13(19-20-15(10)22)23-14-11(16)4-9(5-12(14)17)18-8(3)21/h4-6H,1H2,2-3H3,(H,18,21)(H,20,22). The highest BCUT2D eigenvalue weighted by Crippen LogP contribution is 2.38. The van der Waals surface area contributed by atoms with E-state index in [0.29, 0.717) is 16.8 Å². The van der Waals surface area contributed by atoms with Crippen LogP contribution in [0.3, 0.4) is 0 Å². The minimum Gasteiger partial charge on any atom is -0.434 e. The molecule has 0 aliphatic rings. The summed E-state index contributed by atoms with van der Waals surface area (Å²) in [5.41, 5.74) is 0.980. The zero-order valence-electron chi connectivity index (χ0n) is 12.4. The van der Waals surface area contributed by atoms with Gasteiger partial charge in [-0.05, 0) is 24.6 Å². The summed E-state index contributed by atoms with van der Waals surface area (Å²) in [5.74, 6) is 0.0209. The van der Waals surface area contributed by atoms with Crippen LogP contribution < -0.4 is 15.6 Å². The number of anilines is 1. The molecule has 0 fully saturated rings. The Morgan fingerprint density at radius 1 is 1.26 bits per heavy atom. The first kappa shape index (κ1) is 17.1. The van der Waals surface area contributed by atoms with Gasteiger partial charge in [-0.25, -0.2) is 5.10 Å². The fraction of sp³-hybridized carbons (Fsp3) is 0.133. The van der Waals surface area contributed by atoms with E-state index >= 15 is 0 Å². The first-order chi connectivity index (χ1) is 10.8. The third-order valence-corrected chi connectivity index (χ3v) is 3.33. The van der Waals surface area contributed by atoms with Crippen molar-refractivity contribution in [3.05, 3.63) is 50.7 Å². The number of aromatic nitrogens is 2. The van der Waals surface area contributed by atoms with Gasteiger partial charge in [0.15, 0.2) is 5.75 Å². The number of nitrogens with one attached hydrogen (secondary N) is 2. The van der Waals surface area contributed by atoms with Gasteiger partial charge < -0.3 is 10.1 Å². The van der Waals surface area contributed by atoms with Gasteiger partial charge in [0.1, 0.15) is 0 Å². The molecular weight excluding hydrogens is 341 g/mol. The molecule has 1 aromatic carbocycles. The van der Waals surface area contributed by atoms with Gasteiger partial charge in [-0.15, -0.1) is 5.10 Å². The van der Waals surface area contributed by atoms with Gasteiger partial charge in [-0.2, -0.15) is 0 Å². The van der Waals surface area contributed by atoms with Crippen LogP contribution in [0.4, 0.5) is 5.69 Å². The Kier molecular flexibility index (Phi) is 5.08. The number of aromatic amines is 1. The molecule has 23 heavy (non-hydrogen) atoms. The average Bonchev–Trinajstić information content (AvgIpc) is 2.43. The number of carbonyl (C=O) groups is 1. The number of benzene rings is 1. The van der Waals surface area contributed by atoms with E-state index in [1.807, 2.05) is 0 Å². The summed E-state index contributed by atoms with van der Waals surface area (Å²) in [5, 5.41) is 9.04. The molecule has 1 aromatic heterocycles. The Balaban J connectivity index is 2.37. The lowest BCUT2D eigenvalue weighted by atomic mass is 10.2. The van der Waals surface area contributed by atoms with E-state index in [0.717, 1.165) is 0 Å². The molecule has 2 N–H and O–H groups in total. The maximum absolute atomic E-state index is 11.6. The van der Waals surface area contributed by atoms with Crippen molar-refractivity contribution in [2.45, 2.75) is 13.8 Å². The van der Waals surface area contributed by atoms with E-state index in [1.165, 1.54) is 25.1 Å². The zero-order valence-corrected chi connectivity index (χ0v) is 13.9. The third-order valence-electron chi connectivity index (χ3n) is 2.77. The van der Waals surface area contributed by atoms with E-state index in [9.17, 15) is 9.59 Å². The van der Waals surface area contributed by atoms with Gasteiger partial charge in [0.2, 0.25) is 11.8 Å². The van der Waals surface area contributed by atoms with Crippen LogP contribution in [-0.4, -0.2) is 16.1 Å². The highest BCUT2D eigenvalue weighted by Gasteiger charge is 2.13. The minimum absolute atomic E-state index is 0.110. The van der Waals surface area contributed by atoms with Crippen LogP contribution >= 0.6 is 23.2 Å². The van der Waals surface area contributed by atoms with E-state index in [2.05, 4.69) is 22.1 Å².